The van der Waals surface area contributed by atoms with Gasteiger partial charge in [0.1, 0.15) is 0 Å². The predicted molar refractivity (Wildman–Crippen MR) is 62.9 cm³/mol. The molecule has 0 saturated carbocycles. The largest absolute Gasteiger partial charge is 0.461 e. The maximum Gasteiger partial charge on any atom is 0.359 e. The van der Waals surface area contributed by atoms with Crippen LogP contribution in [0.2, 0.25) is 0 Å². The van der Waals surface area contributed by atoms with E-state index in [1.165, 1.54) is 11.8 Å². The predicted octanol–water partition coefficient (Wildman–Crippen LogP) is 2.23. The summed E-state index contributed by atoms with van der Waals surface area (Å²) in [4.78, 5) is 16.0. The molecule has 0 N–H and O–H groups in total. The van der Waals surface area contributed by atoms with Crippen LogP contribution in [0.5, 0.6) is 0 Å². The minimum atomic E-state index is -0.369. The van der Waals surface area contributed by atoms with Crippen LogP contribution in [-0.2, 0) is 4.74 Å². The molecule has 2 rings (SSSR count). The number of nitrogens with zero attached hydrogens (tertiary/aromatic N) is 2. The van der Waals surface area contributed by atoms with Gasteiger partial charge in [-0.3, -0.25) is 4.40 Å². The molecule has 0 radical (unpaired) electrons. The number of pyridine rings is 1. The van der Waals surface area contributed by atoms with Gasteiger partial charge in [0, 0.05) is 6.20 Å². The fourth-order valence-corrected chi connectivity index (χ4v) is 2.04. The summed E-state index contributed by atoms with van der Waals surface area (Å²) in [7, 11) is 0. The van der Waals surface area contributed by atoms with Gasteiger partial charge in [-0.25, -0.2) is 9.78 Å². The Kier molecular flexibility index (Phi) is 3.14. The van der Waals surface area contributed by atoms with Gasteiger partial charge >= 0.3 is 5.97 Å². The Morgan fingerprint density at radius 3 is 3.06 bits per heavy atom. The molecule has 0 atom stereocenters. The Bertz CT molecular complexity index is 522. The maximum absolute atomic E-state index is 11.7. The van der Waals surface area contributed by atoms with Gasteiger partial charge in [-0.15, -0.1) is 0 Å². The van der Waals surface area contributed by atoms with Crippen LogP contribution in [-0.4, -0.2) is 28.2 Å². The molecule has 0 fully saturated rings. The van der Waals surface area contributed by atoms with Gasteiger partial charge in [0.25, 0.3) is 0 Å². The lowest BCUT2D eigenvalue weighted by Crippen LogP contribution is -2.05. The van der Waals surface area contributed by atoms with Crippen molar-refractivity contribution in [3.63, 3.8) is 0 Å². The highest BCUT2D eigenvalue weighted by atomic mass is 32.2. The standard InChI is InChI=1S/C11H12N2O2S/c1-3-15-10(14)9-8-6-4-5-7-13(8)11(12-9)16-2/h4-7H,3H2,1-2H3. The zero-order valence-corrected chi connectivity index (χ0v) is 9.95. The smallest absolute Gasteiger partial charge is 0.359 e. The normalized spacial score (nSPS) is 10.6. The van der Waals surface area contributed by atoms with E-state index in [0.717, 1.165) is 10.7 Å². The number of rotatable bonds is 3. The fourth-order valence-electron chi connectivity index (χ4n) is 1.50. The van der Waals surface area contributed by atoms with Crippen LogP contribution in [0.1, 0.15) is 17.4 Å². The lowest BCUT2D eigenvalue weighted by Gasteiger charge is -1.98. The first kappa shape index (κ1) is 11.0. The number of thioether (sulfide) groups is 1. The van der Waals surface area contributed by atoms with E-state index >= 15 is 0 Å². The summed E-state index contributed by atoms with van der Waals surface area (Å²) in [5, 5.41) is 0.790. The molecule has 16 heavy (non-hydrogen) atoms. The molecule has 0 amide bonds. The fraction of sp³-hybridized carbons (Fsp3) is 0.273. The van der Waals surface area contributed by atoms with Crippen molar-refractivity contribution in [1.82, 2.24) is 9.38 Å². The summed E-state index contributed by atoms with van der Waals surface area (Å²) < 4.78 is 6.86. The second-order valence-electron chi connectivity index (χ2n) is 3.12. The molecule has 0 saturated heterocycles. The summed E-state index contributed by atoms with van der Waals surface area (Å²) in [6, 6.07) is 5.64. The Morgan fingerprint density at radius 1 is 1.56 bits per heavy atom. The van der Waals surface area contributed by atoms with Gasteiger partial charge in [0.2, 0.25) is 0 Å². The highest BCUT2D eigenvalue weighted by molar-refractivity contribution is 7.98. The van der Waals surface area contributed by atoms with Crippen LogP contribution in [0.15, 0.2) is 29.6 Å². The summed E-state index contributed by atoms with van der Waals surface area (Å²) >= 11 is 1.50. The number of ether oxygens (including phenoxy) is 1. The molecular formula is C11H12N2O2S. The van der Waals surface area contributed by atoms with E-state index in [2.05, 4.69) is 4.98 Å². The summed E-state index contributed by atoms with van der Waals surface area (Å²) in [6.45, 7) is 2.14. The molecule has 84 valence electrons. The Hall–Kier alpha value is -1.49. The van der Waals surface area contributed by atoms with E-state index in [4.69, 9.17) is 4.74 Å². The Balaban J connectivity index is 2.57. The van der Waals surface area contributed by atoms with Crippen molar-refractivity contribution >= 4 is 23.2 Å². The summed E-state index contributed by atoms with van der Waals surface area (Å²) in [5.41, 5.74) is 1.16. The minimum Gasteiger partial charge on any atom is -0.461 e. The van der Waals surface area contributed by atoms with Gasteiger partial charge in [-0.1, -0.05) is 17.8 Å². The van der Waals surface area contributed by atoms with Crippen molar-refractivity contribution in [3.8, 4) is 0 Å². The second-order valence-corrected chi connectivity index (χ2v) is 3.90. The van der Waals surface area contributed by atoms with Crippen LogP contribution >= 0.6 is 11.8 Å². The van der Waals surface area contributed by atoms with Crippen LogP contribution in [0.25, 0.3) is 5.52 Å². The molecule has 4 nitrogen and oxygen atoms in total. The van der Waals surface area contributed by atoms with Crippen molar-refractivity contribution in [3.05, 3.63) is 30.1 Å². The van der Waals surface area contributed by atoms with Crippen LogP contribution in [0.3, 0.4) is 0 Å². The number of carbonyl (C=O) groups excluding carboxylic acids is 1. The van der Waals surface area contributed by atoms with E-state index in [9.17, 15) is 4.79 Å². The van der Waals surface area contributed by atoms with Crippen molar-refractivity contribution in [2.75, 3.05) is 12.9 Å². The highest BCUT2D eigenvalue weighted by Gasteiger charge is 2.17. The first-order valence-corrected chi connectivity index (χ1v) is 6.18. The van der Waals surface area contributed by atoms with Gasteiger partial charge in [-0.05, 0) is 25.3 Å². The average Bonchev–Trinajstić information content (AvgIpc) is 2.68. The molecule has 2 aromatic rings. The van der Waals surface area contributed by atoms with E-state index in [0.29, 0.717) is 12.3 Å². The minimum absolute atomic E-state index is 0.360. The third-order valence-corrected chi connectivity index (χ3v) is 2.82. The zero-order valence-electron chi connectivity index (χ0n) is 9.14. The van der Waals surface area contributed by atoms with Gasteiger partial charge in [0.15, 0.2) is 10.9 Å². The summed E-state index contributed by atoms with van der Waals surface area (Å²) in [6.07, 6.45) is 3.81. The van der Waals surface area contributed by atoms with E-state index in [-0.39, 0.29) is 5.97 Å². The quantitative estimate of drug-likeness (QED) is 0.605. The van der Waals surface area contributed by atoms with Gasteiger partial charge in [0.05, 0.1) is 12.1 Å². The molecule has 0 aliphatic carbocycles. The molecule has 0 aliphatic heterocycles. The van der Waals surface area contributed by atoms with Crippen LogP contribution in [0.4, 0.5) is 0 Å². The lowest BCUT2D eigenvalue weighted by molar-refractivity contribution is 0.0522. The van der Waals surface area contributed by atoms with E-state index < -0.39 is 0 Å². The maximum atomic E-state index is 11.7. The number of hydrogen-bond donors (Lipinski definition) is 0. The molecule has 0 aromatic carbocycles. The lowest BCUT2D eigenvalue weighted by atomic mass is 10.3. The first-order valence-electron chi connectivity index (χ1n) is 4.96. The van der Waals surface area contributed by atoms with Crippen molar-refractivity contribution in [1.29, 1.82) is 0 Å². The number of carbonyl (C=O) groups is 1. The summed E-state index contributed by atoms with van der Waals surface area (Å²) in [5.74, 6) is -0.369. The van der Waals surface area contributed by atoms with E-state index in [1.54, 1.807) is 6.92 Å². The molecule has 0 aliphatic rings. The molecule has 2 heterocycles. The number of fused-ring (bicyclic) bond motifs is 1. The third kappa shape index (κ3) is 1.78. The average molecular weight is 236 g/mol. The number of imidazole rings is 1. The van der Waals surface area contributed by atoms with Crippen molar-refractivity contribution in [2.24, 2.45) is 0 Å². The monoisotopic (exact) mass is 236 g/mol. The SMILES string of the molecule is CCOC(=O)c1nc(SC)n2ccccc12. The van der Waals surface area contributed by atoms with Crippen LogP contribution < -0.4 is 0 Å². The molecule has 0 bridgehead atoms. The first-order chi connectivity index (χ1) is 7.77. The second kappa shape index (κ2) is 4.57. The van der Waals surface area contributed by atoms with Crippen molar-refractivity contribution in [2.45, 2.75) is 12.1 Å². The molecule has 0 unspecified atom stereocenters. The molecule has 0 spiro atoms. The third-order valence-electron chi connectivity index (χ3n) is 2.17. The number of aromatic nitrogens is 2. The number of hydrogen-bond acceptors (Lipinski definition) is 4. The topological polar surface area (TPSA) is 43.6 Å². The van der Waals surface area contributed by atoms with Gasteiger partial charge in [-0.2, -0.15) is 0 Å². The number of esters is 1. The molecule has 5 heteroatoms. The van der Waals surface area contributed by atoms with Crippen LogP contribution in [0, 0.1) is 0 Å². The van der Waals surface area contributed by atoms with Crippen molar-refractivity contribution < 1.29 is 9.53 Å². The van der Waals surface area contributed by atoms with Gasteiger partial charge < -0.3 is 4.74 Å². The highest BCUT2D eigenvalue weighted by Crippen LogP contribution is 2.20. The Labute approximate surface area is 97.6 Å². The molecular weight excluding hydrogens is 224 g/mol. The molecule has 2 aromatic heterocycles. The van der Waals surface area contributed by atoms with E-state index in [1.807, 2.05) is 35.1 Å². The Morgan fingerprint density at radius 2 is 2.38 bits per heavy atom. The zero-order chi connectivity index (χ0) is 11.5.